The van der Waals surface area contributed by atoms with E-state index < -0.39 is 5.97 Å². The summed E-state index contributed by atoms with van der Waals surface area (Å²) in [7, 11) is 0. The van der Waals surface area contributed by atoms with Crippen LogP contribution in [0.25, 0.3) is 0 Å². The Bertz CT molecular complexity index is 895. The van der Waals surface area contributed by atoms with Crippen LogP contribution in [0.1, 0.15) is 106 Å². The topological polar surface area (TPSA) is 72.8 Å². The van der Waals surface area contributed by atoms with Gasteiger partial charge < -0.3 is 14.6 Å². The first-order valence-electron chi connectivity index (χ1n) is 13.3. The van der Waals surface area contributed by atoms with Crippen LogP contribution in [0.4, 0.5) is 0 Å². The maximum atomic E-state index is 12.5. The SMILES string of the molecule is CCCCCCCCCCOc1ccc(C2CCC(C(=O)Oc3ccc(C(=O)O)cc3)CC2)cc1. The molecule has 0 aliphatic heterocycles. The number of carboxylic acids is 1. The number of hydrogen-bond acceptors (Lipinski definition) is 4. The van der Waals surface area contributed by atoms with E-state index in [9.17, 15) is 9.59 Å². The second kappa shape index (κ2) is 14.6. The van der Waals surface area contributed by atoms with Crippen molar-refractivity contribution in [3.63, 3.8) is 0 Å². The maximum absolute atomic E-state index is 12.5. The monoisotopic (exact) mass is 480 g/mol. The highest BCUT2D eigenvalue weighted by Gasteiger charge is 2.28. The number of rotatable bonds is 14. The Kier molecular flexibility index (Phi) is 11.1. The first-order chi connectivity index (χ1) is 17.1. The standard InChI is InChI=1S/C30H40O5/c1-2-3-4-5-6-7-8-9-22-34-27-18-14-24(15-19-27)23-10-12-26(13-11-23)30(33)35-28-20-16-25(17-21-28)29(31)32/h14-21,23,26H,2-13,22H2,1H3,(H,31,32). The molecule has 0 atom stereocenters. The second-order valence-corrected chi connectivity index (χ2v) is 9.69. The van der Waals surface area contributed by atoms with Crippen LogP contribution in [0, 0.1) is 5.92 Å². The number of carbonyl (C=O) groups is 2. The molecule has 0 spiro atoms. The lowest BCUT2D eigenvalue weighted by Gasteiger charge is -2.27. The van der Waals surface area contributed by atoms with Gasteiger partial charge in [0, 0.05) is 0 Å². The van der Waals surface area contributed by atoms with E-state index in [1.807, 2.05) is 0 Å². The molecule has 2 aromatic carbocycles. The van der Waals surface area contributed by atoms with Crippen LogP contribution in [0.15, 0.2) is 48.5 Å². The van der Waals surface area contributed by atoms with E-state index in [-0.39, 0.29) is 17.5 Å². The first-order valence-corrected chi connectivity index (χ1v) is 13.3. The van der Waals surface area contributed by atoms with E-state index in [1.165, 1.54) is 74.8 Å². The normalized spacial score (nSPS) is 17.6. The molecule has 3 rings (SSSR count). The van der Waals surface area contributed by atoms with Crippen molar-refractivity contribution in [2.24, 2.45) is 5.92 Å². The lowest BCUT2D eigenvalue weighted by atomic mass is 9.79. The predicted octanol–water partition coefficient (Wildman–Crippen LogP) is 7.78. The fourth-order valence-corrected chi connectivity index (χ4v) is 4.79. The number of benzene rings is 2. The zero-order valence-corrected chi connectivity index (χ0v) is 21.0. The molecule has 1 aliphatic rings. The predicted molar refractivity (Wildman–Crippen MR) is 138 cm³/mol. The molecule has 2 aromatic rings. The smallest absolute Gasteiger partial charge is 0.335 e. The Morgan fingerprint density at radius 3 is 1.94 bits per heavy atom. The van der Waals surface area contributed by atoms with Crippen LogP contribution in [0.3, 0.4) is 0 Å². The third-order valence-corrected chi connectivity index (χ3v) is 7.00. The van der Waals surface area contributed by atoms with Crippen LogP contribution in [0.5, 0.6) is 11.5 Å². The van der Waals surface area contributed by atoms with Crippen LogP contribution < -0.4 is 9.47 Å². The molecule has 1 fully saturated rings. The van der Waals surface area contributed by atoms with E-state index in [1.54, 1.807) is 0 Å². The van der Waals surface area contributed by atoms with Crippen LogP contribution in [0.2, 0.25) is 0 Å². The van der Waals surface area contributed by atoms with Crippen LogP contribution in [-0.2, 0) is 4.79 Å². The summed E-state index contributed by atoms with van der Waals surface area (Å²) in [5, 5.41) is 8.98. The molecular weight excluding hydrogens is 440 g/mol. The van der Waals surface area contributed by atoms with Gasteiger partial charge in [0.2, 0.25) is 0 Å². The fraction of sp³-hybridized carbons (Fsp3) is 0.533. The van der Waals surface area contributed by atoms with E-state index in [2.05, 4.69) is 31.2 Å². The average Bonchev–Trinajstić information content (AvgIpc) is 2.88. The average molecular weight is 481 g/mol. The van der Waals surface area contributed by atoms with Crippen molar-refractivity contribution in [1.29, 1.82) is 0 Å². The minimum absolute atomic E-state index is 0.111. The summed E-state index contributed by atoms with van der Waals surface area (Å²) in [4.78, 5) is 23.5. The van der Waals surface area contributed by atoms with Crippen molar-refractivity contribution < 1.29 is 24.2 Å². The molecule has 0 radical (unpaired) electrons. The Hall–Kier alpha value is -2.82. The Morgan fingerprint density at radius 1 is 0.771 bits per heavy atom. The molecule has 0 unspecified atom stereocenters. The van der Waals surface area contributed by atoms with Crippen molar-refractivity contribution in [3.05, 3.63) is 59.7 Å². The van der Waals surface area contributed by atoms with Gasteiger partial charge >= 0.3 is 11.9 Å². The number of esters is 1. The lowest BCUT2D eigenvalue weighted by Crippen LogP contribution is -2.25. The molecular formula is C30H40O5. The number of carboxylic acid groups (broad SMARTS) is 1. The van der Waals surface area contributed by atoms with Crippen molar-refractivity contribution in [2.45, 2.75) is 89.9 Å². The molecule has 5 nitrogen and oxygen atoms in total. The summed E-state index contributed by atoms with van der Waals surface area (Å²) >= 11 is 0. The van der Waals surface area contributed by atoms with Crippen LogP contribution >= 0.6 is 0 Å². The zero-order chi connectivity index (χ0) is 24.9. The molecule has 1 saturated carbocycles. The van der Waals surface area contributed by atoms with E-state index in [4.69, 9.17) is 14.6 Å². The Balaban J connectivity index is 1.33. The van der Waals surface area contributed by atoms with Crippen molar-refractivity contribution >= 4 is 11.9 Å². The lowest BCUT2D eigenvalue weighted by molar-refractivity contribution is -0.140. The molecule has 0 bridgehead atoms. The minimum Gasteiger partial charge on any atom is -0.494 e. The molecule has 5 heteroatoms. The zero-order valence-electron chi connectivity index (χ0n) is 21.0. The van der Waals surface area contributed by atoms with Gasteiger partial charge in [0.1, 0.15) is 11.5 Å². The van der Waals surface area contributed by atoms with E-state index in [0.29, 0.717) is 11.7 Å². The van der Waals surface area contributed by atoms with Gasteiger partial charge in [-0.05, 0) is 80.0 Å². The maximum Gasteiger partial charge on any atom is 0.335 e. The highest BCUT2D eigenvalue weighted by atomic mass is 16.5. The molecule has 190 valence electrons. The number of hydrogen-bond donors (Lipinski definition) is 1. The van der Waals surface area contributed by atoms with Gasteiger partial charge in [-0.15, -0.1) is 0 Å². The minimum atomic E-state index is -0.996. The molecule has 1 aliphatic carbocycles. The molecule has 0 saturated heterocycles. The highest BCUT2D eigenvalue weighted by molar-refractivity contribution is 5.87. The van der Waals surface area contributed by atoms with E-state index >= 15 is 0 Å². The number of unbranched alkanes of at least 4 members (excludes halogenated alkanes) is 7. The van der Waals surface area contributed by atoms with Gasteiger partial charge in [-0.2, -0.15) is 0 Å². The number of carbonyl (C=O) groups excluding carboxylic acids is 1. The summed E-state index contributed by atoms with van der Waals surface area (Å²) in [6, 6.07) is 14.4. The first kappa shape index (κ1) is 26.8. The van der Waals surface area contributed by atoms with Crippen molar-refractivity contribution in [3.8, 4) is 11.5 Å². The van der Waals surface area contributed by atoms with Gasteiger partial charge in [0.05, 0.1) is 18.1 Å². The fourth-order valence-electron chi connectivity index (χ4n) is 4.79. The van der Waals surface area contributed by atoms with E-state index in [0.717, 1.165) is 44.5 Å². The Labute approximate surface area is 209 Å². The van der Waals surface area contributed by atoms with Gasteiger partial charge in [-0.3, -0.25) is 4.79 Å². The summed E-state index contributed by atoms with van der Waals surface area (Å²) in [5.41, 5.74) is 1.48. The summed E-state index contributed by atoms with van der Waals surface area (Å²) < 4.78 is 11.4. The van der Waals surface area contributed by atoms with Crippen molar-refractivity contribution in [1.82, 2.24) is 0 Å². The van der Waals surface area contributed by atoms with Crippen LogP contribution in [-0.4, -0.2) is 23.7 Å². The molecule has 0 aromatic heterocycles. The quantitative estimate of drug-likeness (QED) is 0.170. The third kappa shape index (κ3) is 9.04. The number of aromatic carboxylic acids is 1. The third-order valence-electron chi connectivity index (χ3n) is 7.00. The second-order valence-electron chi connectivity index (χ2n) is 9.69. The number of ether oxygens (including phenoxy) is 2. The molecule has 0 amide bonds. The van der Waals surface area contributed by atoms with Gasteiger partial charge in [-0.25, -0.2) is 4.79 Å². The Morgan fingerprint density at radius 2 is 1.34 bits per heavy atom. The highest BCUT2D eigenvalue weighted by Crippen LogP contribution is 2.37. The largest absolute Gasteiger partial charge is 0.494 e. The summed E-state index contributed by atoms with van der Waals surface area (Å²) in [5.74, 6) is 0.448. The van der Waals surface area contributed by atoms with Gasteiger partial charge in [0.25, 0.3) is 0 Å². The molecule has 0 heterocycles. The van der Waals surface area contributed by atoms with Crippen molar-refractivity contribution in [2.75, 3.05) is 6.61 Å². The van der Waals surface area contributed by atoms with Gasteiger partial charge in [-0.1, -0.05) is 64.0 Å². The summed E-state index contributed by atoms with van der Waals surface area (Å²) in [6.45, 7) is 3.03. The van der Waals surface area contributed by atoms with Gasteiger partial charge in [0.15, 0.2) is 0 Å². The molecule has 1 N–H and O–H groups in total. The molecule has 35 heavy (non-hydrogen) atoms. The summed E-state index contributed by atoms with van der Waals surface area (Å²) in [6.07, 6.45) is 13.9.